The van der Waals surface area contributed by atoms with E-state index < -0.39 is 0 Å². The summed E-state index contributed by atoms with van der Waals surface area (Å²) < 4.78 is 5.19. The highest BCUT2D eigenvalue weighted by Crippen LogP contribution is 2.27. The summed E-state index contributed by atoms with van der Waals surface area (Å²) in [6, 6.07) is 7.91. The van der Waals surface area contributed by atoms with Crippen LogP contribution in [0.2, 0.25) is 0 Å². The van der Waals surface area contributed by atoms with Gasteiger partial charge in [0.15, 0.2) is 6.73 Å². The zero-order valence-corrected chi connectivity index (χ0v) is 10.9. The summed E-state index contributed by atoms with van der Waals surface area (Å²) in [7, 11) is 0. The predicted molar refractivity (Wildman–Crippen MR) is 69.6 cm³/mol. The molecule has 0 spiro atoms. The number of para-hydroxylation sites is 2. The van der Waals surface area contributed by atoms with E-state index in [0.717, 1.165) is 11.4 Å². The molecule has 0 aromatic heterocycles. The van der Waals surface area contributed by atoms with Crippen LogP contribution >= 0.6 is 0 Å². The zero-order valence-electron chi connectivity index (χ0n) is 10.9. The van der Waals surface area contributed by atoms with Crippen LogP contribution in [0.1, 0.15) is 41.5 Å². The van der Waals surface area contributed by atoms with Crippen LogP contribution in [0.25, 0.3) is 0 Å². The van der Waals surface area contributed by atoms with E-state index in [4.69, 9.17) is 4.74 Å². The monoisotopic (exact) mass is 211 g/mol. The lowest BCUT2D eigenvalue weighted by atomic mass is 10.3. The highest BCUT2D eigenvalue weighted by atomic mass is 16.5. The fourth-order valence-electron chi connectivity index (χ4n) is 0.930. The summed E-state index contributed by atoms with van der Waals surface area (Å²) in [5.74, 6) is 0.956. The second kappa shape index (κ2) is 12.8. The van der Waals surface area contributed by atoms with E-state index in [0.29, 0.717) is 6.73 Å². The molecule has 2 heteroatoms. The molecule has 0 amide bonds. The number of anilines is 1. The lowest BCUT2D eigenvalue weighted by Crippen LogP contribution is -1.96. The molecule has 15 heavy (non-hydrogen) atoms. The smallest absolute Gasteiger partial charge is 0.159 e. The highest BCUT2D eigenvalue weighted by molar-refractivity contribution is 5.58. The predicted octanol–water partition coefficient (Wildman–Crippen LogP) is 4.53. The Labute approximate surface area is 94.7 Å². The van der Waals surface area contributed by atoms with Crippen LogP contribution in [-0.2, 0) is 0 Å². The number of hydrogen-bond acceptors (Lipinski definition) is 2. The van der Waals surface area contributed by atoms with E-state index in [1.54, 1.807) is 0 Å². The van der Waals surface area contributed by atoms with Crippen molar-refractivity contribution in [1.82, 2.24) is 0 Å². The minimum atomic E-state index is 0.610. The Kier molecular flexibility index (Phi) is 13.9. The summed E-state index contributed by atoms with van der Waals surface area (Å²) in [6.45, 7) is 12.6. The number of benzene rings is 1. The number of fused-ring (bicyclic) bond motifs is 1. The Morgan fingerprint density at radius 3 is 2.00 bits per heavy atom. The summed E-state index contributed by atoms with van der Waals surface area (Å²) >= 11 is 0. The maximum Gasteiger partial charge on any atom is 0.159 e. The molecule has 88 valence electrons. The minimum Gasteiger partial charge on any atom is -0.471 e. The van der Waals surface area contributed by atoms with Crippen molar-refractivity contribution in [2.24, 2.45) is 0 Å². The first-order valence-electron chi connectivity index (χ1n) is 5.92. The van der Waals surface area contributed by atoms with Crippen molar-refractivity contribution < 1.29 is 4.74 Å². The maximum atomic E-state index is 5.19. The van der Waals surface area contributed by atoms with Crippen LogP contribution in [0.15, 0.2) is 24.3 Å². The molecule has 0 fully saturated rings. The first-order valence-corrected chi connectivity index (χ1v) is 5.92. The molecule has 1 aromatic rings. The van der Waals surface area contributed by atoms with E-state index in [2.05, 4.69) is 5.32 Å². The van der Waals surface area contributed by atoms with Gasteiger partial charge in [-0.25, -0.2) is 0 Å². The van der Waals surface area contributed by atoms with Gasteiger partial charge in [0.1, 0.15) is 5.75 Å². The van der Waals surface area contributed by atoms with Gasteiger partial charge in [-0.3, -0.25) is 0 Å². The molecule has 0 radical (unpaired) electrons. The van der Waals surface area contributed by atoms with E-state index in [1.807, 2.05) is 65.8 Å². The normalized spacial score (nSPS) is 9.47. The van der Waals surface area contributed by atoms with Gasteiger partial charge in [-0.1, -0.05) is 53.7 Å². The Morgan fingerprint density at radius 1 is 0.933 bits per heavy atom. The molecular formula is C13H25NO. The number of rotatable bonds is 0. The van der Waals surface area contributed by atoms with E-state index in [1.165, 1.54) is 0 Å². The van der Waals surface area contributed by atoms with Crippen molar-refractivity contribution in [3.8, 4) is 5.75 Å². The van der Waals surface area contributed by atoms with Crippen LogP contribution in [0.3, 0.4) is 0 Å². The third-order valence-electron chi connectivity index (χ3n) is 1.38. The number of hydrogen-bond donors (Lipinski definition) is 1. The molecule has 0 atom stereocenters. The summed E-state index contributed by atoms with van der Waals surface area (Å²) in [6.07, 6.45) is 0. The van der Waals surface area contributed by atoms with Gasteiger partial charge in [-0.15, -0.1) is 0 Å². The van der Waals surface area contributed by atoms with Gasteiger partial charge in [-0.2, -0.15) is 0 Å². The molecule has 0 saturated carbocycles. The van der Waals surface area contributed by atoms with E-state index in [9.17, 15) is 0 Å². The van der Waals surface area contributed by atoms with Gasteiger partial charge in [0.25, 0.3) is 0 Å². The van der Waals surface area contributed by atoms with Gasteiger partial charge in [0.05, 0.1) is 5.69 Å². The van der Waals surface area contributed by atoms with Crippen LogP contribution in [-0.4, -0.2) is 6.73 Å². The molecule has 2 rings (SSSR count). The lowest BCUT2D eigenvalue weighted by Gasteiger charge is -1.91. The largest absolute Gasteiger partial charge is 0.471 e. The van der Waals surface area contributed by atoms with Crippen molar-refractivity contribution in [1.29, 1.82) is 0 Å². The molecule has 1 heterocycles. The van der Waals surface area contributed by atoms with Crippen molar-refractivity contribution in [2.75, 3.05) is 12.0 Å². The Hall–Kier alpha value is -1.18. The molecular weight excluding hydrogens is 186 g/mol. The van der Waals surface area contributed by atoms with Gasteiger partial charge in [0.2, 0.25) is 0 Å². The maximum absolute atomic E-state index is 5.19. The molecule has 1 aliphatic rings. The lowest BCUT2D eigenvalue weighted by molar-refractivity contribution is 0.372. The van der Waals surface area contributed by atoms with Gasteiger partial charge >= 0.3 is 0 Å². The molecule has 1 aromatic carbocycles. The molecule has 2 nitrogen and oxygen atoms in total. The summed E-state index contributed by atoms with van der Waals surface area (Å²) in [5.41, 5.74) is 1.09. The molecule has 0 unspecified atom stereocenters. The summed E-state index contributed by atoms with van der Waals surface area (Å²) in [4.78, 5) is 0. The van der Waals surface area contributed by atoms with Gasteiger partial charge in [0, 0.05) is 0 Å². The second-order valence-electron chi connectivity index (χ2n) is 1.96. The topological polar surface area (TPSA) is 21.3 Å². The van der Waals surface area contributed by atoms with E-state index in [-0.39, 0.29) is 0 Å². The molecule has 1 aliphatic heterocycles. The second-order valence-corrected chi connectivity index (χ2v) is 1.96. The first-order chi connectivity index (χ1) is 7.47. The summed E-state index contributed by atoms with van der Waals surface area (Å²) in [5, 5.41) is 3.08. The Bertz CT molecular complexity index is 201. The zero-order chi connectivity index (χ0) is 12.1. The Morgan fingerprint density at radius 2 is 1.47 bits per heavy atom. The number of nitrogens with one attached hydrogen (secondary N) is 1. The van der Waals surface area contributed by atoms with Crippen LogP contribution in [0.5, 0.6) is 5.75 Å². The molecule has 0 bridgehead atoms. The SMILES string of the molecule is CC.CC.CC.c1ccc2c(c1)NCO2. The third kappa shape index (κ3) is 6.00. The average Bonchev–Trinajstić information content (AvgIpc) is 2.85. The van der Waals surface area contributed by atoms with Crippen molar-refractivity contribution in [3.05, 3.63) is 24.3 Å². The Balaban J connectivity index is 0. The minimum absolute atomic E-state index is 0.610. The van der Waals surface area contributed by atoms with Gasteiger partial charge in [-0.05, 0) is 12.1 Å². The fraction of sp³-hybridized carbons (Fsp3) is 0.538. The van der Waals surface area contributed by atoms with Crippen molar-refractivity contribution in [2.45, 2.75) is 41.5 Å². The van der Waals surface area contributed by atoms with Crippen molar-refractivity contribution >= 4 is 5.69 Å². The molecule has 1 N–H and O–H groups in total. The standard InChI is InChI=1S/C7H7NO.3C2H6/c1-2-4-7-6(3-1)8-5-9-7;3*1-2/h1-4,8H,5H2;3*1-2H3. The third-order valence-corrected chi connectivity index (χ3v) is 1.38. The van der Waals surface area contributed by atoms with E-state index >= 15 is 0 Å². The average molecular weight is 211 g/mol. The molecule has 0 aliphatic carbocycles. The fourth-order valence-corrected chi connectivity index (χ4v) is 0.930. The van der Waals surface area contributed by atoms with Gasteiger partial charge < -0.3 is 10.1 Å². The first kappa shape index (κ1) is 16.3. The van der Waals surface area contributed by atoms with Crippen LogP contribution < -0.4 is 10.1 Å². The van der Waals surface area contributed by atoms with Crippen molar-refractivity contribution in [3.63, 3.8) is 0 Å². The van der Waals surface area contributed by atoms with Crippen LogP contribution in [0, 0.1) is 0 Å². The molecule has 0 saturated heterocycles. The van der Waals surface area contributed by atoms with Crippen LogP contribution in [0.4, 0.5) is 5.69 Å². The number of ether oxygens (including phenoxy) is 1. The highest BCUT2D eigenvalue weighted by Gasteiger charge is 2.06. The quantitative estimate of drug-likeness (QED) is 0.681.